The van der Waals surface area contributed by atoms with Crippen molar-refractivity contribution in [3.05, 3.63) is 35.4 Å². The Morgan fingerprint density at radius 2 is 1.93 bits per heavy atom. The predicted molar refractivity (Wildman–Crippen MR) is 49.0 cm³/mol. The van der Waals surface area contributed by atoms with Gasteiger partial charge in [0, 0.05) is 5.41 Å². The third-order valence-electron chi connectivity index (χ3n) is 3.08. The first-order chi connectivity index (χ1) is 6.56. The molecule has 1 aromatic rings. The average molecular weight is 198 g/mol. The van der Waals surface area contributed by atoms with Crippen molar-refractivity contribution < 1.29 is 13.9 Å². The van der Waals surface area contributed by atoms with Gasteiger partial charge in [0.2, 0.25) is 0 Å². The van der Waals surface area contributed by atoms with Crippen molar-refractivity contribution >= 4 is 0 Å². The summed E-state index contributed by atoms with van der Waals surface area (Å²) in [5.74, 6) is -1.68. The van der Waals surface area contributed by atoms with Crippen LogP contribution in [-0.4, -0.2) is 11.2 Å². The van der Waals surface area contributed by atoms with Crippen LogP contribution in [0.3, 0.4) is 0 Å². The zero-order valence-electron chi connectivity index (χ0n) is 7.93. The number of aliphatic hydroxyl groups is 1. The first-order valence-corrected chi connectivity index (χ1v) is 4.70. The van der Waals surface area contributed by atoms with Gasteiger partial charge in [-0.1, -0.05) is 6.07 Å². The summed E-state index contributed by atoms with van der Waals surface area (Å²) >= 11 is 0. The van der Waals surface area contributed by atoms with Crippen molar-refractivity contribution in [2.75, 3.05) is 0 Å². The maximum Gasteiger partial charge on any atom is 0.159 e. The monoisotopic (exact) mass is 198 g/mol. The van der Waals surface area contributed by atoms with E-state index >= 15 is 0 Å². The van der Waals surface area contributed by atoms with Crippen LogP contribution < -0.4 is 0 Å². The van der Waals surface area contributed by atoms with Gasteiger partial charge in [-0.2, -0.15) is 0 Å². The molecular weight excluding hydrogens is 186 g/mol. The highest BCUT2D eigenvalue weighted by Crippen LogP contribution is 2.51. The molecule has 1 saturated carbocycles. The van der Waals surface area contributed by atoms with Crippen LogP contribution >= 0.6 is 0 Å². The van der Waals surface area contributed by atoms with Gasteiger partial charge in [-0.25, -0.2) is 8.78 Å². The first-order valence-electron chi connectivity index (χ1n) is 4.70. The third kappa shape index (κ3) is 1.32. The van der Waals surface area contributed by atoms with Gasteiger partial charge in [-0.3, -0.25) is 0 Å². The zero-order valence-corrected chi connectivity index (χ0v) is 7.93. The predicted octanol–water partition coefficient (Wildman–Crippen LogP) is 2.38. The number of benzene rings is 1. The van der Waals surface area contributed by atoms with Gasteiger partial charge in [0.1, 0.15) is 0 Å². The van der Waals surface area contributed by atoms with Gasteiger partial charge in [0.25, 0.3) is 0 Å². The van der Waals surface area contributed by atoms with Gasteiger partial charge >= 0.3 is 0 Å². The molecule has 2 rings (SSSR count). The van der Waals surface area contributed by atoms with Crippen molar-refractivity contribution in [3.8, 4) is 0 Å². The topological polar surface area (TPSA) is 20.2 Å². The van der Waals surface area contributed by atoms with E-state index in [9.17, 15) is 13.9 Å². The number of rotatable bonds is 2. The second-order valence-electron chi connectivity index (χ2n) is 3.96. The van der Waals surface area contributed by atoms with E-state index in [1.54, 1.807) is 13.0 Å². The van der Waals surface area contributed by atoms with E-state index in [4.69, 9.17) is 0 Å². The number of hydrogen-bond donors (Lipinski definition) is 1. The SMILES string of the molecule is CC(O)C1(c2ccc(F)c(F)c2)CC1. The molecule has 1 unspecified atom stereocenters. The van der Waals surface area contributed by atoms with E-state index in [1.807, 2.05) is 0 Å². The maximum atomic E-state index is 12.9. The summed E-state index contributed by atoms with van der Waals surface area (Å²) in [6.45, 7) is 1.69. The van der Waals surface area contributed by atoms with Gasteiger partial charge in [0.05, 0.1) is 6.10 Å². The Labute approximate surface area is 81.4 Å². The third-order valence-corrected chi connectivity index (χ3v) is 3.08. The molecule has 1 aliphatic rings. The Kier molecular flexibility index (Phi) is 2.07. The molecule has 0 aliphatic heterocycles. The van der Waals surface area contributed by atoms with E-state index in [1.165, 1.54) is 6.07 Å². The lowest BCUT2D eigenvalue weighted by molar-refractivity contribution is 0.150. The molecule has 1 N–H and O–H groups in total. The minimum atomic E-state index is -0.838. The molecule has 0 radical (unpaired) electrons. The van der Waals surface area contributed by atoms with E-state index in [0.29, 0.717) is 5.56 Å². The number of hydrogen-bond acceptors (Lipinski definition) is 1. The molecule has 1 atom stereocenters. The maximum absolute atomic E-state index is 12.9. The fourth-order valence-corrected chi connectivity index (χ4v) is 1.89. The van der Waals surface area contributed by atoms with Crippen LogP contribution in [0.5, 0.6) is 0 Å². The highest BCUT2D eigenvalue weighted by atomic mass is 19.2. The Hall–Kier alpha value is -0.960. The van der Waals surface area contributed by atoms with Crippen molar-refractivity contribution in [2.45, 2.75) is 31.3 Å². The van der Waals surface area contributed by atoms with E-state index in [0.717, 1.165) is 18.9 Å². The lowest BCUT2D eigenvalue weighted by atomic mass is 9.91. The molecule has 0 bridgehead atoms. The Balaban J connectivity index is 2.38. The first kappa shape index (κ1) is 9.59. The highest BCUT2D eigenvalue weighted by Gasteiger charge is 2.48. The van der Waals surface area contributed by atoms with Crippen molar-refractivity contribution in [3.63, 3.8) is 0 Å². The van der Waals surface area contributed by atoms with E-state index < -0.39 is 17.7 Å². The van der Waals surface area contributed by atoms with Gasteiger partial charge < -0.3 is 5.11 Å². The lowest BCUT2D eigenvalue weighted by Gasteiger charge is -2.18. The molecule has 14 heavy (non-hydrogen) atoms. The standard InChI is InChI=1S/C11H12F2O/c1-7(14)11(4-5-11)8-2-3-9(12)10(13)6-8/h2-3,6-7,14H,4-5H2,1H3. The fourth-order valence-electron chi connectivity index (χ4n) is 1.89. The number of aliphatic hydroxyl groups excluding tert-OH is 1. The fraction of sp³-hybridized carbons (Fsp3) is 0.455. The molecule has 3 heteroatoms. The average Bonchev–Trinajstić information content (AvgIpc) is 2.90. The molecule has 1 aromatic carbocycles. The molecule has 0 amide bonds. The Morgan fingerprint density at radius 3 is 2.36 bits per heavy atom. The largest absolute Gasteiger partial charge is 0.392 e. The van der Waals surface area contributed by atoms with Crippen molar-refractivity contribution in [2.24, 2.45) is 0 Å². The van der Waals surface area contributed by atoms with Crippen LogP contribution in [-0.2, 0) is 5.41 Å². The summed E-state index contributed by atoms with van der Waals surface area (Å²) in [6, 6.07) is 3.86. The molecule has 76 valence electrons. The molecule has 1 fully saturated rings. The smallest absolute Gasteiger partial charge is 0.159 e. The molecule has 1 nitrogen and oxygen atoms in total. The van der Waals surface area contributed by atoms with Crippen LogP contribution in [0.4, 0.5) is 8.78 Å². The van der Waals surface area contributed by atoms with Crippen molar-refractivity contribution in [1.82, 2.24) is 0 Å². The molecule has 0 heterocycles. The van der Waals surface area contributed by atoms with Crippen LogP contribution in [0, 0.1) is 11.6 Å². The van der Waals surface area contributed by atoms with Crippen LogP contribution in [0.2, 0.25) is 0 Å². The van der Waals surface area contributed by atoms with Gasteiger partial charge in [-0.15, -0.1) is 0 Å². The summed E-state index contributed by atoms with van der Waals surface area (Å²) in [5.41, 5.74) is 0.376. The van der Waals surface area contributed by atoms with E-state index in [-0.39, 0.29) is 5.41 Å². The summed E-state index contributed by atoms with van der Waals surface area (Å²) < 4.78 is 25.6. The minimum Gasteiger partial charge on any atom is -0.392 e. The summed E-state index contributed by atoms with van der Waals surface area (Å²) in [5, 5.41) is 9.54. The van der Waals surface area contributed by atoms with Crippen LogP contribution in [0.15, 0.2) is 18.2 Å². The Bertz CT molecular complexity index is 356. The normalized spacial score (nSPS) is 20.6. The molecule has 0 spiro atoms. The molecule has 0 saturated heterocycles. The Morgan fingerprint density at radius 1 is 1.29 bits per heavy atom. The molecule has 0 aromatic heterocycles. The van der Waals surface area contributed by atoms with Gasteiger partial charge in [0.15, 0.2) is 11.6 Å². The van der Waals surface area contributed by atoms with Crippen LogP contribution in [0.1, 0.15) is 25.3 Å². The second-order valence-corrected chi connectivity index (χ2v) is 3.96. The summed E-state index contributed by atoms with van der Waals surface area (Å²) in [6.07, 6.45) is 1.18. The lowest BCUT2D eigenvalue weighted by Crippen LogP contribution is -2.22. The molecule has 1 aliphatic carbocycles. The van der Waals surface area contributed by atoms with Crippen molar-refractivity contribution in [1.29, 1.82) is 0 Å². The quantitative estimate of drug-likeness (QED) is 0.773. The van der Waals surface area contributed by atoms with Gasteiger partial charge in [-0.05, 0) is 37.5 Å². The summed E-state index contributed by atoms with van der Waals surface area (Å²) in [4.78, 5) is 0. The molecular formula is C11H12F2O. The van der Waals surface area contributed by atoms with E-state index in [2.05, 4.69) is 0 Å². The second kappa shape index (κ2) is 3.02. The van der Waals surface area contributed by atoms with Crippen LogP contribution in [0.25, 0.3) is 0 Å². The summed E-state index contributed by atoms with van der Waals surface area (Å²) in [7, 11) is 0. The minimum absolute atomic E-state index is 0.325. The number of halogens is 2. The highest BCUT2D eigenvalue weighted by molar-refractivity contribution is 5.33. The zero-order chi connectivity index (χ0) is 10.3.